The Kier molecular flexibility index (Phi) is 3.34. The van der Waals surface area contributed by atoms with Crippen molar-refractivity contribution in [3.05, 3.63) is 29.6 Å². The molecule has 1 atom stereocenters. The standard InChI is InChI=1S/C12H19N3/c1-10-4-3-7-15(10)9-12-6-2-5-11(8-13)14-12/h2,5-6,10H,3-4,7-9,13H2,1H3. The van der Waals surface area contributed by atoms with Gasteiger partial charge in [0.05, 0.1) is 11.4 Å². The molecule has 0 spiro atoms. The Bertz CT molecular complexity index is 324. The highest BCUT2D eigenvalue weighted by atomic mass is 15.2. The molecule has 1 fully saturated rings. The fraction of sp³-hybridized carbons (Fsp3) is 0.583. The Balaban J connectivity index is 2.03. The van der Waals surface area contributed by atoms with Crippen LogP contribution in [0.15, 0.2) is 18.2 Å². The van der Waals surface area contributed by atoms with Gasteiger partial charge in [-0.3, -0.25) is 9.88 Å². The third-order valence-corrected chi connectivity index (χ3v) is 3.13. The van der Waals surface area contributed by atoms with Crippen LogP contribution >= 0.6 is 0 Å². The highest BCUT2D eigenvalue weighted by Gasteiger charge is 2.20. The molecule has 0 bridgehead atoms. The molecule has 1 unspecified atom stereocenters. The first kappa shape index (κ1) is 10.6. The maximum Gasteiger partial charge on any atom is 0.0547 e. The summed E-state index contributed by atoms with van der Waals surface area (Å²) in [4.78, 5) is 7.01. The molecular formula is C12H19N3. The average Bonchev–Trinajstić information content (AvgIpc) is 2.65. The molecular weight excluding hydrogens is 186 g/mol. The molecule has 2 rings (SSSR count). The van der Waals surface area contributed by atoms with Crippen molar-refractivity contribution in [3.8, 4) is 0 Å². The van der Waals surface area contributed by atoms with Gasteiger partial charge in [0.2, 0.25) is 0 Å². The number of likely N-dealkylation sites (tertiary alicyclic amines) is 1. The van der Waals surface area contributed by atoms with Crippen LogP contribution in [0.2, 0.25) is 0 Å². The quantitative estimate of drug-likeness (QED) is 0.813. The zero-order valence-corrected chi connectivity index (χ0v) is 9.32. The first-order valence-electron chi connectivity index (χ1n) is 5.68. The molecule has 1 saturated heterocycles. The lowest BCUT2D eigenvalue weighted by Crippen LogP contribution is -2.26. The predicted octanol–water partition coefficient (Wildman–Crippen LogP) is 1.52. The van der Waals surface area contributed by atoms with Gasteiger partial charge in [0, 0.05) is 19.1 Å². The smallest absolute Gasteiger partial charge is 0.0547 e. The van der Waals surface area contributed by atoms with Gasteiger partial charge < -0.3 is 5.73 Å². The summed E-state index contributed by atoms with van der Waals surface area (Å²) in [5, 5.41) is 0. The number of nitrogens with zero attached hydrogens (tertiary/aromatic N) is 2. The molecule has 1 aromatic heterocycles. The monoisotopic (exact) mass is 205 g/mol. The van der Waals surface area contributed by atoms with Crippen molar-refractivity contribution >= 4 is 0 Å². The molecule has 0 amide bonds. The van der Waals surface area contributed by atoms with E-state index >= 15 is 0 Å². The van der Waals surface area contributed by atoms with Crippen molar-refractivity contribution in [1.82, 2.24) is 9.88 Å². The van der Waals surface area contributed by atoms with E-state index in [2.05, 4.69) is 22.9 Å². The lowest BCUT2D eigenvalue weighted by molar-refractivity contribution is 0.257. The molecule has 3 heteroatoms. The molecule has 0 aliphatic carbocycles. The van der Waals surface area contributed by atoms with Gasteiger partial charge in [-0.15, -0.1) is 0 Å². The Morgan fingerprint density at radius 1 is 1.47 bits per heavy atom. The van der Waals surface area contributed by atoms with E-state index in [1.807, 2.05) is 12.1 Å². The predicted molar refractivity (Wildman–Crippen MR) is 61.2 cm³/mol. The first-order valence-corrected chi connectivity index (χ1v) is 5.68. The molecule has 1 aromatic rings. The van der Waals surface area contributed by atoms with Crippen LogP contribution in [0.25, 0.3) is 0 Å². The number of hydrogen-bond acceptors (Lipinski definition) is 3. The minimum Gasteiger partial charge on any atom is -0.325 e. The number of pyridine rings is 1. The van der Waals surface area contributed by atoms with E-state index in [4.69, 9.17) is 5.73 Å². The molecule has 0 saturated carbocycles. The van der Waals surface area contributed by atoms with Crippen LogP contribution in [0.1, 0.15) is 31.2 Å². The zero-order chi connectivity index (χ0) is 10.7. The second-order valence-corrected chi connectivity index (χ2v) is 4.29. The Hall–Kier alpha value is -0.930. The van der Waals surface area contributed by atoms with Crippen molar-refractivity contribution in [2.45, 2.75) is 38.9 Å². The molecule has 0 aromatic carbocycles. The maximum absolute atomic E-state index is 5.58. The van der Waals surface area contributed by atoms with E-state index in [1.54, 1.807) is 0 Å². The van der Waals surface area contributed by atoms with Crippen LogP contribution in [0, 0.1) is 0 Å². The largest absolute Gasteiger partial charge is 0.325 e. The lowest BCUT2D eigenvalue weighted by atomic mass is 10.2. The van der Waals surface area contributed by atoms with Crippen molar-refractivity contribution in [1.29, 1.82) is 0 Å². The third-order valence-electron chi connectivity index (χ3n) is 3.13. The van der Waals surface area contributed by atoms with Crippen LogP contribution < -0.4 is 5.73 Å². The van der Waals surface area contributed by atoms with Gasteiger partial charge in [0.1, 0.15) is 0 Å². The molecule has 1 aliphatic heterocycles. The van der Waals surface area contributed by atoms with Crippen molar-refractivity contribution in [3.63, 3.8) is 0 Å². The number of nitrogens with two attached hydrogens (primary N) is 1. The second kappa shape index (κ2) is 4.73. The minimum atomic E-state index is 0.531. The van der Waals surface area contributed by atoms with Gasteiger partial charge in [-0.2, -0.15) is 0 Å². The topological polar surface area (TPSA) is 42.1 Å². The second-order valence-electron chi connectivity index (χ2n) is 4.29. The molecule has 0 radical (unpaired) electrons. The number of aromatic nitrogens is 1. The van der Waals surface area contributed by atoms with E-state index in [-0.39, 0.29) is 0 Å². The van der Waals surface area contributed by atoms with Crippen molar-refractivity contribution in [2.75, 3.05) is 6.54 Å². The van der Waals surface area contributed by atoms with Crippen molar-refractivity contribution in [2.24, 2.45) is 5.73 Å². The normalized spacial score (nSPS) is 22.1. The molecule has 2 heterocycles. The van der Waals surface area contributed by atoms with Gasteiger partial charge in [-0.25, -0.2) is 0 Å². The van der Waals surface area contributed by atoms with Gasteiger partial charge in [0.15, 0.2) is 0 Å². The summed E-state index contributed by atoms with van der Waals surface area (Å²) in [5.74, 6) is 0. The van der Waals surface area contributed by atoms with Gasteiger partial charge in [-0.1, -0.05) is 6.07 Å². The number of hydrogen-bond donors (Lipinski definition) is 1. The van der Waals surface area contributed by atoms with Crippen LogP contribution in [0.5, 0.6) is 0 Å². The van der Waals surface area contributed by atoms with E-state index in [1.165, 1.54) is 19.4 Å². The summed E-state index contributed by atoms with van der Waals surface area (Å²) in [6.07, 6.45) is 2.63. The van der Waals surface area contributed by atoms with Gasteiger partial charge in [0.25, 0.3) is 0 Å². The van der Waals surface area contributed by atoms with Gasteiger partial charge >= 0.3 is 0 Å². The number of rotatable bonds is 3. The van der Waals surface area contributed by atoms with Crippen LogP contribution in [-0.4, -0.2) is 22.5 Å². The first-order chi connectivity index (χ1) is 7.29. The van der Waals surface area contributed by atoms with Crippen LogP contribution in [0.3, 0.4) is 0 Å². The Morgan fingerprint density at radius 2 is 2.27 bits per heavy atom. The summed E-state index contributed by atoms with van der Waals surface area (Å²) < 4.78 is 0. The SMILES string of the molecule is CC1CCCN1Cc1cccc(CN)n1. The minimum absolute atomic E-state index is 0.531. The molecule has 82 valence electrons. The molecule has 1 aliphatic rings. The van der Waals surface area contributed by atoms with Gasteiger partial charge in [-0.05, 0) is 38.4 Å². The molecule has 3 nitrogen and oxygen atoms in total. The fourth-order valence-corrected chi connectivity index (χ4v) is 2.17. The van der Waals surface area contributed by atoms with Crippen molar-refractivity contribution < 1.29 is 0 Å². The third kappa shape index (κ3) is 2.55. The summed E-state index contributed by atoms with van der Waals surface area (Å²) in [6.45, 7) is 4.99. The summed E-state index contributed by atoms with van der Waals surface area (Å²) in [6, 6.07) is 6.82. The molecule has 2 N–H and O–H groups in total. The highest BCUT2D eigenvalue weighted by Crippen LogP contribution is 2.18. The summed E-state index contributed by atoms with van der Waals surface area (Å²) >= 11 is 0. The average molecular weight is 205 g/mol. The maximum atomic E-state index is 5.58. The fourth-order valence-electron chi connectivity index (χ4n) is 2.17. The Labute approximate surface area is 91.3 Å². The summed E-state index contributed by atoms with van der Waals surface area (Å²) in [7, 11) is 0. The van der Waals surface area contributed by atoms with E-state index in [0.29, 0.717) is 12.6 Å². The van der Waals surface area contributed by atoms with E-state index in [9.17, 15) is 0 Å². The Morgan fingerprint density at radius 3 is 2.93 bits per heavy atom. The van der Waals surface area contributed by atoms with E-state index < -0.39 is 0 Å². The highest BCUT2D eigenvalue weighted by molar-refractivity contribution is 5.11. The summed E-state index contributed by atoms with van der Waals surface area (Å²) in [5.41, 5.74) is 7.71. The van der Waals surface area contributed by atoms with Crippen LogP contribution in [0.4, 0.5) is 0 Å². The van der Waals surface area contributed by atoms with Crippen LogP contribution in [-0.2, 0) is 13.1 Å². The lowest BCUT2D eigenvalue weighted by Gasteiger charge is -2.20. The van der Waals surface area contributed by atoms with E-state index in [0.717, 1.165) is 17.9 Å². The molecule has 15 heavy (non-hydrogen) atoms. The zero-order valence-electron chi connectivity index (χ0n) is 9.32.